The minimum Gasteiger partial charge on any atom is -0.497 e. The molecule has 6 rings (SSSR count). The number of Topliss-reactive ketones (excluding diaryl/α,β-unsaturated/α-hetero) is 1. The number of esters is 1. The number of ketones is 1. The van der Waals surface area contributed by atoms with E-state index in [1.165, 1.54) is 0 Å². The summed E-state index contributed by atoms with van der Waals surface area (Å²) in [5.41, 5.74) is 5.28. The number of para-hydroxylation sites is 2. The van der Waals surface area contributed by atoms with Gasteiger partial charge in [-0.05, 0) is 60.7 Å². The zero-order valence-electron chi connectivity index (χ0n) is 26.0. The first kappa shape index (κ1) is 30.7. The van der Waals surface area contributed by atoms with Gasteiger partial charge in [0.25, 0.3) is 0 Å². The van der Waals surface area contributed by atoms with Crippen molar-refractivity contribution in [3.8, 4) is 17.2 Å². The molecule has 0 saturated carbocycles. The van der Waals surface area contributed by atoms with E-state index in [2.05, 4.69) is 5.32 Å². The number of methoxy groups -OCH3 is 1. The summed E-state index contributed by atoms with van der Waals surface area (Å²) in [4.78, 5) is 28.0. The average Bonchev–Trinajstić information content (AvgIpc) is 3.09. The first-order valence-electron chi connectivity index (χ1n) is 15.5. The lowest BCUT2D eigenvalue weighted by Gasteiger charge is -2.37. The Bertz CT molecular complexity index is 1740. The van der Waals surface area contributed by atoms with Crippen molar-refractivity contribution in [3.63, 3.8) is 0 Å². The molecule has 0 bridgehead atoms. The molecule has 1 aliphatic carbocycles. The van der Waals surface area contributed by atoms with Crippen LogP contribution in [0.4, 0.5) is 0 Å². The van der Waals surface area contributed by atoms with E-state index < -0.39 is 11.9 Å². The van der Waals surface area contributed by atoms with E-state index in [0.29, 0.717) is 47.8 Å². The van der Waals surface area contributed by atoms with Crippen LogP contribution in [0.2, 0.25) is 0 Å². The van der Waals surface area contributed by atoms with Gasteiger partial charge in [0, 0.05) is 29.0 Å². The van der Waals surface area contributed by atoms with Crippen LogP contribution in [0.3, 0.4) is 0 Å². The monoisotopic (exact) mass is 615 g/mol. The number of allylic oxidation sites excluding steroid dienone is 3. The lowest BCUT2D eigenvalue weighted by atomic mass is 9.71. The first-order valence-corrected chi connectivity index (χ1v) is 15.5. The predicted molar refractivity (Wildman–Crippen MR) is 176 cm³/mol. The summed E-state index contributed by atoms with van der Waals surface area (Å²) in [6, 6.07) is 34.8. The summed E-state index contributed by atoms with van der Waals surface area (Å²) in [7, 11) is 1.64. The summed E-state index contributed by atoms with van der Waals surface area (Å²) < 4.78 is 23.2. The third kappa shape index (κ3) is 6.84. The maximum absolute atomic E-state index is 14.1. The number of carbonyl (C=O) groups excluding carboxylic acids is 2. The summed E-state index contributed by atoms with van der Waals surface area (Å²) >= 11 is 0. The summed E-state index contributed by atoms with van der Waals surface area (Å²) in [6.45, 7) is 2.47. The molecule has 0 spiro atoms. The van der Waals surface area contributed by atoms with Gasteiger partial charge >= 0.3 is 5.97 Å². The van der Waals surface area contributed by atoms with Crippen molar-refractivity contribution in [1.82, 2.24) is 5.32 Å². The van der Waals surface area contributed by atoms with E-state index in [1.54, 1.807) is 7.11 Å². The number of rotatable bonds is 11. The lowest BCUT2D eigenvalue weighted by Crippen LogP contribution is -2.36. The smallest absolute Gasteiger partial charge is 0.336 e. The minimum atomic E-state index is -0.657. The number of dihydropyridines is 1. The van der Waals surface area contributed by atoms with Crippen LogP contribution < -0.4 is 19.5 Å². The molecule has 0 aromatic heterocycles. The maximum Gasteiger partial charge on any atom is 0.336 e. The van der Waals surface area contributed by atoms with Gasteiger partial charge in [-0.2, -0.15) is 0 Å². The van der Waals surface area contributed by atoms with Gasteiger partial charge in [0.15, 0.2) is 5.78 Å². The Morgan fingerprint density at radius 1 is 0.783 bits per heavy atom. The molecule has 2 aliphatic rings. The Morgan fingerprint density at radius 2 is 1.48 bits per heavy atom. The summed E-state index contributed by atoms with van der Waals surface area (Å²) in [5.74, 6) is 0.903. The van der Waals surface area contributed by atoms with Crippen LogP contribution in [0.25, 0.3) is 0 Å². The van der Waals surface area contributed by atoms with Crippen molar-refractivity contribution in [1.29, 1.82) is 0 Å². The fraction of sp³-hybridized carbons (Fsp3) is 0.231. The van der Waals surface area contributed by atoms with E-state index in [4.69, 9.17) is 18.9 Å². The Balaban J connectivity index is 1.31. The summed E-state index contributed by atoms with van der Waals surface area (Å²) in [6.07, 6.45) is 0.949. The van der Waals surface area contributed by atoms with Gasteiger partial charge in [-0.25, -0.2) is 4.79 Å². The zero-order valence-corrected chi connectivity index (χ0v) is 26.0. The molecule has 0 fully saturated rings. The fourth-order valence-corrected chi connectivity index (χ4v) is 6.21. The molecule has 0 amide bonds. The molecule has 0 radical (unpaired) electrons. The van der Waals surface area contributed by atoms with Gasteiger partial charge in [0.1, 0.15) is 37.1 Å². The highest BCUT2D eigenvalue weighted by Gasteiger charge is 2.42. The molecule has 1 aliphatic heterocycles. The van der Waals surface area contributed by atoms with E-state index in [1.807, 2.05) is 116 Å². The van der Waals surface area contributed by atoms with Crippen molar-refractivity contribution < 1.29 is 28.5 Å². The number of ether oxygens (including phenoxy) is 4. The standard InChI is InChI=1S/C39H37NO6/c1-26-36(39(42)45-22-21-44-31-13-7-4-8-14-31)37(32-15-9-10-16-35(32)46-25-27-11-5-3-6-12-27)38-33(40-26)23-29(24-34(38)41)28-17-19-30(43-2)20-18-28/h3-20,29,37,40H,21-25H2,1-2H3. The summed E-state index contributed by atoms with van der Waals surface area (Å²) in [5, 5.41) is 3.44. The Hall–Kier alpha value is -5.30. The van der Waals surface area contributed by atoms with Crippen LogP contribution in [-0.2, 0) is 20.9 Å². The van der Waals surface area contributed by atoms with Crippen LogP contribution >= 0.6 is 0 Å². The fourth-order valence-electron chi connectivity index (χ4n) is 6.21. The van der Waals surface area contributed by atoms with Crippen LogP contribution in [0.15, 0.2) is 132 Å². The topological polar surface area (TPSA) is 83.1 Å². The lowest BCUT2D eigenvalue weighted by molar-refractivity contribution is -0.140. The average molecular weight is 616 g/mol. The molecular formula is C39H37NO6. The molecule has 2 unspecified atom stereocenters. The quantitative estimate of drug-likeness (QED) is 0.141. The van der Waals surface area contributed by atoms with Crippen molar-refractivity contribution in [3.05, 3.63) is 148 Å². The highest BCUT2D eigenvalue weighted by Crippen LogP contribution is 2.48. The second-order valence-electron chi connectivity index (χ2n) is 11.4. The molecule has 4 aromatic carbocycles. The van der Waals surface area contributed by atoms with Crippen LogP contribution in [-0.4, -0.2) is 32.1 Å². The van der Waals surface area contributed by atoms with Crippen LogP contribution in [0, 0.1) is 0 Å². The van der Waals surface area contributed by atoms with Gasteiger partial charge in [-0.3, -0.25) is 4.79 Å². The molecule has 234 valence electrons. The number of nitrogens with one attached hydrogen (secondary N) is 1. The minimum absolute atomic E-state index is 0.00804. The van der Waals surface area contributed by atoms with Gasteiger partial charge in [-0.15, -0.1) is 0 Å². The predicted octanol–water partition coefficient (Wildman–Crippen LogP) is 7.26. The number of carbonyl (C=O) groups is 2. The SMILES string of the molecule is COc1ccc(C2CC(=O)C3=C(C2)NC(C)=C(C(=O)OCCOc2ccccc2)C3c2ccccc2OCc2ccccc2)cc1. The van der Waals surface area contributed by atoms with Crippen molar-refractivity contribution in [2.24, 2.45) is 0 Å². The van der Waals surface area contributed by atoms with E-state index in [9.17, 15) is 9.59 Å². The molecule has 1 N–H and O–H groups in total. The molecule has 4 aromatic rings. The third-order valence-corrected chi connectivity index (χ3v) is 8.43. The van der Waals surface area contributed by atoms with Crippen molar-refractivity contribution in [2.45, 2.75) is 38.2 Å². The third-order valence-electron chi connectivity index (χ3n) is 8.43. The van der Waals surface area contributed by atoms with Crippen LogP contribution in [0.1, 0.15) is 48.3 Å². The molecule has 0 saturated heterocycles. The second-order valence-corrected chi connectivity index (χ2v) is 11.4. The first-order chi connectivity index (χ1) is 22.5. The Labute approximate surface area is 269 Å². The number of hydrogen-bond donors (Lipinski definition) is 1. The second kappa shape index (κ2) is 14.2. The molecule has 7 heteroatoms. The van der Waals surface area contributed by atoms with E-state index in [0.717, 1.165) is 28.1 Å². The zero-order chi connectivity index (χ0) is 31.9. The molecule has 46 heavy (non-hydrogen) atoms. The largest absolute Gasteiger partial charge is 0.497 e. The molecular weight excluding hydrogens is 578 g/mol. The van der Waals surface area contributed by atoms with Gasteiger partial charge in [0.2, 0.25) is 0 Å². The van der Waals surface area contributed by atoms with E-state index >= 15 is 0 Å². The van der Waals surface area contributed by atoms with Gasteiger partial charge in [0.05, 0.1) is 18.6 Å². The van der Waals surface area contributed by atoms with E-state index in [-0.39, 0.29) is 24.9 Å². The van der Waals surface area contributed by atoms with Crippen molar-refractivity contribution >= 4 is 11.8 Å². The Kier molecular flexibility index (Phi) is 9.48. The van der Waals surface area contributed by atoms with Crippen LogP contribution in [0.5, 0.6) is 17.2 Å². The van der Waals surface area contributed by atoms with Crippen molar-refractivity contribution in [2.75, 3.05) is 20.3 Å². The molecule has 7 nitrogen and oxygen atoms in total. The Morgan fingerprint density at radius 3 is 2.22 bits per heavy atom. The molecule has 1 heterocycles. The highest BCUT2D eigenvalue weighted by molar-refractivity contribution is 6.04. The van der Waals surface area contributed by atoms with Gasteiger partial charge in [-0.1, -0.05) is 78.9 Å². The maximum atomic E-state index is 14.1. The highest BCUT2D eigenvalue weighted by atomic mass is 16.6. The number of benzene rings is 4. The normalized spacial score (nSPS) is 17.6. The molecule has 2 atom stereocenters. The van der Waals surface area contributed by atoms with Gasteiger partial charge < -0.3 is 24.3 Å². The number of hydrogen-bond acceptors (Lipinski definition) is 7.